The topological polar surface area (TPSA) is 78.9 Å². The Morgan fingerprint density at radius 1 is 0.308 bits per heavy atom. The highest BCUT2D eigenvalue weighted by molar-refractivity contribution is 5.71. The zero-order valence-corrected chi connectivity index (χ0v) is 43.8. The number of unbranched alkanes of at least 4 members (excludes halogenated alkanes) is 38. The maximum atomic E-state index is 12.7. The van der Waals surface area contributed by atoms with Crippen molar-refractivity contribution in [2.45, 2.75) is 322 Å². The summed E-state index contributed by atoms with van der Waals surface area (Å²) in [6.07, 6.45) is 63.3. The van der Waals surface area contributed by atoms with Gasteiger partial charge >= 0.3 is 17.9 Å². The lowest BCUT2D eigenvalue weighted by Crippen LogP contribution is -2.30. The lowest BCUT2D eigenvalue weighted by atomic mass is 10.0. The van der Waals surface area contributed by atoms with E-state index < -0.39 is 6.10 Å². The summed E-state index contributed by atoms with van der Waals surface area (Å²) in [5.41, 5.74) is 0. The molecule has 0 bridgehead atoms. The van der Waals surface area contributed by atoms with Crippen LogP contribution in [0, 0.1) is 0 Å². The Kier molecular flexibility index (Phi) is 52.7. The minimum absolute atomic E-state index is 0.0655. The molecule has 0 rings (SSSR count). The van der Waals surface area contributed by atoms with Gasteiger partial charge in [0.1, 0.15) is 13.2 Å². The summed E-state index contributed by atoms with van der Waals surface area (Å²) < 4.78 is 16.8. The minimum Gasteiger partial charge on any atom is -0.462 e. The van der Waals surface area contributed by atoms with Crippen molar-refractivity contribution in [2.24, 2.45) is 0 Å². The summed E-state index contributed by atoms with van der Waals surface area (Å²) in [7, 11) is 0. The van der Waals surface area contributed by atoms with Gasteiger partial charge in [0.05, 0.1) is 0 Å². The van der Waals surface area contributed by atoms with Crippen LogP contribution in [0.2, 0.25) is 0 Å². The Labute approximate surface area is 404 Å². The summed E-state index contributed by atoms with van der Waals surface area (Å²) in [6.45, 7) is 6.64. The number of hydrogen-bond donors (Lipinski definition) is 0. The van der Waals surface area contributed by atoms with Crippen LogP contribution < -0.4 is 0 Å². The van der Waals surface area contributed by atoms with E-state index in [1.807, 2.05) is 0 Å². The largest absolute Gasteiger partial charge is 0.462 e. The van der Waals surface area contributed by atoms with Gasteiger partial charge in [0.2, 0.25) is 0 Å². The van der Waals surface area contributed by atoms with E-state index in [9.17, 15) is 14.4 Å². The summed E-state index contributed by atoms with van der Waals surface area (Å²) in [5, 5.41) is 0. The van der Waals surface area contributed by atoms with Crippen molar-refractivity contribution in [3.05, 3.63) is 24.3 Å². The third-order valence-corrected chi connectivity index (χ3v) is 13.0. The number of esters is 3. The first kappa shape index (κ1) is 62.9. The smallest absolute Gasteiger partial charge is 0.306 e. The van der Waals surface area contributed by atoms with E-state index in [-0.39, 0.29) is 31.1 Å². The SMILES string of the molecule is CCCCCCC/C=C\C/C=C\CCCCCCCCCCCCCCCCCC(=O)OCC(COC(=O)CCCCCCCCCCCC)OC(=O)CCCCCCCCCCCC. The van der Waals surface area contributed by atoms with Gasteiger partial charge in [-0.15, -0.1) is 0 Å². The van der Waals surface area contributed by atoms with E-state index in [0.29, 0.717) is 19.3 Å². The lowest BCUT2D eigenvalue weighted by Gasteiger charge is -2.18. The fourth-order valence-corrected chi connectivity index (χ4v) is 8.59. The first-order chi connectivity index (χ1) is 32.0. The molecule has 0 radical (unpaired) electrons. The maximum Gasteiger partial charge on any atom is 0.306 e. The van der Waals surface area contributed by atoms with Crippen molar-refractivity contribution in [2.75, 3.05) is 13.2 Å². The first-order valence-corrected chi connectivity index (χ1v) is 28.8. The number of rotatable bonds is 53. The third kappa shape index (κ3) is 52.7. The monoisotopic (exact) mass is 915 g/mol. The van der Waals surface area contributed by atoms with E-state index in [2.05, 4.69) is 45.1 Å². The Morgan fingerprint density at radius 2 is 0.554 bits per heavy atom. The average Bonchev–Trinajstić information content (AvgIpc) is 3.30. The molecule has 382 valence electrons. The Hall–Kier alpha value is -2.11. The van der Waals surface area contributed by atoms with Crippen LogP contribution in [0.15, 0.2) is 24.3 Å². The summed E-state index contributed by atoms with van der Waals surface area (Å²) in [6, 6.07) is 0. The number of allylic oxidation sites excluding steroid dienone is 4. The molecule has 1 atom stereocenters. The van der Waals surface area contributed by atoms with Crippen LogP contribution in [0.1, 0.15) is 316 Å². The average molecular weight is 916 g/mol. The van der Waals surface area contributed by atoms with Gasteiger partial charge in [-0.3, -0.25) is 14.4 Å². The third-order valence-electron chi connectivity index (χ3n) is 13.0. The molecule has 0 heterocycles. The lowest BCUT2D eigenvalue weighted by molar-refractivity contribution is -0.167. The van der Waals surface area contributed by atoms with Crippen LogP contribution in [0.4, 0.5) is 0 Å². The molecule has 65 heavy (non-hydrogen) atoms. The zero-order chi connectivity index (χ0) is 47.2. The molecule has 0 aliphatic carbocycles. The molecule has 0 aromatic rings. The molecular formula is C59H110O6. The van der Waals surface area contributed by atoms with Gasteiger partial charge in [-0.25, -0.2) is 0 Å². The molecule has 0 aromatic carbocycles. The van der Waals surface area contributed by atoms with Crippen molar-refractivity contribution in [3.8, 4) is 0 Å². The number of carbonyl (C=O) groups excluding carboxylic acids is 3. The zero-order valence-electron chi connectivity index (χ0n) is 43.8. The second-order valence-electron chi connectivity index (χ2n) is 19.6. The highest BCUT2D eigenvalue weighted by Gasteiger charge is 2.19. The van der Waals surface area contributed by atoms with E-state index >= 15 is 0 Å². The standard InChI is InChI=1S/C59H110O6/c1-4-7-10-13-16-19-22-23-24-25-26-27-28-29-30-31-32-33-34-35-36-37-38-41-43-46-49-52-58(61)64-55-56(65-59(62)53-50-47-44-40-21-18-15-12-9-6-3)54-63-57(60)51-48-45-42-39-20-17-14-11-8-5-2/h22-23,25-26,56H,4-21,24,27-55H2,1-3H3/b23-22-,26-25-. The molecular weight excluding hydrogens is 805 g/mol. The Balaban J connectivity index is 4.06. The van der Waals surface area contributed by atoms with Crippen molar-refractivity contribution in [3.63, 3.8) is 0 Å². The second-order valence-corrected chi connectivity index (χ2v) is 19.6. The van der Waals surface area contributed by atoms with Gasteiger partial charge in [0, 0.05) is 19.3 Å². The molecule has 0 spiro atoms. The highest BCUT2D eigenvalue weighted by atomic mass is 16.6. The van der Waals surface area contributed by atoms with Crippen LogP contribution in [-0.4, -0.2) is 37.2 Å². The van der Waals surface area contributed by atoms with E-state index in [0.717, 1.165) is 64.2 Å². The summed E-state index contributed by atoms with van der Waals surface area (Å²) >= 11 is 0. The molecule has 0 aliphatic rings. The van der Waals surface area contributed by atoms with Crippen molar-refractivity contribution in [1.29, 1.82) is 0 Å². The van der Waals surface area contributed by atoms with E-state index in [4.69, 9.17) is 14.2 Å². The molecule has 0 aliphatic heterocycles. The fourth-order valence-electron chi connectivity index (χ4n) is 8.59. The van der Waals surface area contributed by atoms with Crippen LogP contribution in [0.5, 0.6) is 0 Å². The molecule has 0 fully saturated rings. The summed E-state index contributed by atoms with van der Waals surface area (Å²) in [4.78, 5) is 37.9. The molecule has 6 heteroatoms. The molecule has 0 saturated heterocycles. The van der Waals surface area contributed by atoms with Gasteiger partial charge < -0.3 is 14.2 Å². The van der Waals surface area contributed by atoms with Crippen LogP contribution in [-0.2, 0) is 28.6 Å². The highest BCUT2D eigenvalue weighted by Crippen LogP contribution is 2.17. The van der Waals surface area contributed by atoms with Crippen LogP contribution >= 0.6 is 0 Å². The first-order valence-electron chi connectivity index (χ1n) is 28.8. The molecule has 0 N–H and O–H groups in total. The van der Waals surface area contributed by atoms with Crippen molar-refractivity contribution < 1.29 is 28.6 Å². The Morgan fingerprint density at radius 3 is 0.846 bits per heavy atom. The molecule has 0 saturated carbocycles. The number of hydrogen-bond acceptors (Lipinski definition) is 6. The van der Waals surface area contributed by atoms with Crippen LogP contribution in [0.25, 0.3) is 0 Å². The minimum atomic E-state index is -0.763. The van der Waals surface area contributed by atoms with E-state index in [1.165, 1.54) is 212 Å². The predicted octanol–water partition coefficient (Wildman–Crippen LogP) is 19.1. The maximum absolute atomic E-state index is 12.7. The second kappa shape index (κ2) is 54.5. The molecule has 0 aromatic heterocycles. The van der Waals surface area contributed by atoms with Gasteiger partial charge in [-0.2, -0.15) is 0 Å². The summed E-state index contributed by atoms with van der Waals surface area (Å²) in [5.74, 6) is -0.852. The van der Waals surface area contributed by atoms with Crippen molar-refractivity contribution >= 4 is 17.9 Å². The van der Waals surface area contributed by atoms with Gasteiger partial charge in [0.25, 0.3) is 0 Å². The predicted molar refractivity (Wildman–Crippen MR) is 279 cm³/mol. The Bertz CT molecular complexity index is 1050. The van der Waals surface area contributed by atoms with E-state index in [1.54, 1.807) is 0 Å². The number of ether oxygens (including phenoxy) is 3. The molecule has 1 unspecified atom stereocenters. The normalized spacial score (nSPS) is 12.1. The van der Waals surface area contributed by atoms with Gasteiger partial charge in [-0.1, -0.05) is 270 Å². The van der Waals surface area contributed by atoms with Crippen LogP contribution in [0.3, 0.4) is 0 Å². The van der Waals surface area contributed by atoms with Crippen molar-refractivity contribution in [1.82, 2.24) is 0 Å². The quantitative estimate of drug-likeness (QED) is 0.0262. The molecule has 6 nitrogen and oxygen atoms in total. The number of carbonyl (C=O) groups is 3. The van der Waals surface area contributed by atoms with Gasteiger partial charge in [-0.05, 0) is 51.4 Å². The molecule has 0 amide bonds. The van der Waals surface area contributed by atoms with Gasteiger partial charge in [0.15, 0.2) is 6.10 Å². The fraction of sp³-hybridized carbons (Fsp3) is 0.881.